The first kappa shape index (κ1) is 16.6. The fourth-order valence-electron chi connectivity index (χ4n) is 2.32. The van der Waals surface area contributed by atoms with E-state index in [4.69, 9.17) is 0 Å². The Morgan fingerprint density at radius 3 is 2.53 bits per heavy atom. The number of rotatable bonds is 8. The number of halogens is 2. The fraction of sp³-hybridized carbons (Fsp3) is 0.625. The molecule has 0 saturated heterocycles. The molecule has 0 radical (unpaired) electrons. The Hall–Kier alpha value is -0.490. The molecule has 1 aromatic carbocycles. The highest BCUT2D eigenvalue weighted by molar-refractivity contribution is 7.64. The van der Waals surface area contributed by atoms with Crippen LogP contribution in [0.2, 0.25) is 0 Å². The summed E-state index contributed by atoms with van der Waals surface area (Å²) in [4.78, 5) is 0. The standard InChI is InChI=1S/C16H25F2P/c1-4-6-7-13(5-2)10-11-19(3)16-12-14(17)8-9-15(16)18/h8-9,12-13H,4-7,10-11H2,1-3H3. The van der Waals surface area contributed by atoms with Crippen molar-refractivity contribution < 1.29 is 8.78 Å². The third-order valence-corrected chi connectivity index (χ3v) is 5.83. The van der Waals surface area contributed by atoms with Gasteiger partial charge >= 0.3 is 0 Å². The second kappa shape index (κ2) is 8.64. The van der Waals surface area contributed by atoms with E-state index in [1.54, 1.807) is 0 Å². The molecule has 0 aromatic heterocycles. The molecule has 19 heavy (non-hydrogen) atoms. The molecule has 0 aliphatic rings. The molecule has 0 N–H and O–H groups in total. The van der Waals surface area contributed by atoms with E-state index in [1.807, 2.05) is 0 Å². The average Bonchev–Trinajstić information content (AvgIpc) is 2.41. The van der Waals surface area contributed by atoms with E-state index in [2.05, 4.69) is 20.5 Å². The summed E-state index contributed by atoms with van der Waals surface area (Å²) in [6.45, 7) is 6.49. The molecule has 0 fully saturated rings. The number of benzene rings is 1. The van der Waals surface area contributed by atoms with Crippen LogP contribution in [-0.4, -0.2) is 12.8 Å². The molecule has 0 spiro atoms. The summed E-state index contributed by atoms with van der Waals surface area (Å²) in [5.74, 6) is 0.155. The van der Waals surface area contributed by atoms with Crippen molar-refractivity contribution >= 4 is 13.2 Å². The lowest BCUT2D eigenvalue weighted by Gasteiger charge is -2.18. The third kappa shape index (κ3) is 5.57. The van der Waals surface area contributed by atoms with Gasteiger partial charge in [-0.05, 0) is 43.4 Å². The highest BCUT2D eigenvalue weighted by Crippen LogP contribution is 2.34. The van der Waals surface area contributed by atoms with Crippen LogP contribution >= 0.6 is 7.92 Å². The van der Waals surface area contributed by atoms with Gasteiger partial charge in [-0.25, -0.2) is 8.78 Å². The van der Waals surface area contributed by atoms with Crippen LogP contribution in [0.25, 0.3) is 0 Å². The first-order chi connectivity index (χ1) is 9.08. The fourth-order valence-corrected chi connectivity index (χ4v) is 4.10. The van der Waals surface area contributed by atoms with Gasteiger partial charge in [-0.15, -0.1) is 0 Å². The summed E-state index contributed by atoms with van der Waals surface area (Å²) < 4.78 is 26.9. The van der Waals surface area contributed by atoms with Gasteiger partial charge in [0.1, 0.15) is 11.6 Å². The topological polar surface area (TPSA) is 0 Å². The van der Waals surface area contributed by atoms with Crippen molar-refractivity contribution in [3.63, 3.8) is 0 Å². The molecule has 3 heteroatoms. The van der Waals surface area contributed by atoms with Crippen LogP contribution in [0.3, 0.4) is 0 Å². The largest absolute Gasteiger partial charge is 0.207 e. The Morgan fingerprint density at radius 1 is 1.16 bits per heavy atom. The van der Waals surface area contributed by atoms with Crippen molar-refractivity contribution in [3.05, 3.63) is 29.8 Å². The van der Waals surface area contributed by atoms with Gasteiger partial charge in [-0.1, -0.05) is 47.5 Å². The summed E-state index contributed by atoms with van der Waals surface area (Å²) in [5, 5.41) is 0.584. The van der Waals surface area contributed by atoms with Gasteiger partial charge in [0, 0.05) is 5.30 Å². The Labute approximate surface area is 117 Å². The second-order valence-corrected chi connectivity index (χ2v) is 7.55. The zero-order valence-electron chi connectivity index (χ0n) is 12.3. The lowest BCUT2D eigenvalue weighted by Crippen LogP contribution is -2.11. The van der Waals surface area contributed by atoms with Crippen LogP contribution in [0.15, 0.2) is 18.2 Å². The van der Waals surface area contributed by atoms with Crippen molar-refractivity contribution in [3.8, 4) is 0 Å². The van der Waals surface area contributed by atoms with E-state index in [-0.39, 0.29) is 11.6 Å². The molecule has 1 rings (SSSR count). The maximum Gasteiger partial charge on any atom is 0.131 e. The molecule has 0 heterocycles. The van der Waals surface area contributed by atoms with E-state index in [1.165, 1.54) is 43.9 Å². The molecular formula is C16H25F2P. The third-order valence-electron chi connectivity index (χ3n) is 3.74. The highest BCUT2D eigenvalue weighted by Gasteiger charge is 2.14. The second-order valence-electron chi connectivity index (χ2n) is 5.22. The van der Waals surface area contributed by atoms with Crippen LogP contribution in [0.1, 0.15) is 46.0 Å². The van der Waals surface area contributed by atoms with Crippen LogP contribution in [0.4, 0.5) is 8.78 Å². The van der Waals surface area contributed by atoms with Gasteiger partial charge in [0.2, 0.25) is 0 Å². The Morgan fingerprint density at radius 2 is 1.89 bits per heavy atom. The molecule has 2 unspecified atom stereocenters. The summed E-state index contributed by atoms with van der Waals surface area (Å²) in [7, 11) is -0.581. The molecule has 0 aliphatic carbocycles. The predicted molar refractivity (Wildman–Crippen MR) is 81.6 cm³/mol. The molecule has 0 bridgehead atoms. The van der Waals surface area contributed by atoms with Gasteiger partial charge in [-0.2, -0.15) is 0 Å². The van der Waals surface area contributed by atoms with E-state index in [9.17, 15) is 8.78 Å². The molecule has 108 valence electrons. The molecule has 0 aliphatic heterocycles. The Balaban J connectivity index is 2.54. The van der Waals surface area contributed by atoms with Crippen LogP contribution in [0.5, 0.6) is 0 Å². The van der Waals surface area contributed by atoms with Crippen molar-refractivity contribution in [2.75, 3.05) is 12.8 Å². The zero-order chi connectivity index (χ0) is 14.3. The van der Waals surface area contributed by atoms with Crippen LogP contribution < -0.4 is 5.30 Å². The minimum Gasteiger partial charge on any atom is -0.207 e. The number of unbranched alkanes of at least 4 members (excludes halogenated alkanes) is 1. The smallest absolute Gasteiger partial charge is 0.131 e. The zero-order valence-corrected chi connectivity index (χ0v) is 13.1. The number of hydrogen-bond donors (Lipinski definition) is 0. The van der Waals surface area contributed by atoms with Gasteiger partial charge in [0.25, 0.3) is 0 Å². The quantitative estimate of drug-likeness (QED) is 0.568. The monoisotopic (exact) mass is 286 g/mol. The highest BCUT2D eigenvalue weighted by atomic mass is 31.1. The predicted octanol–water partition coefficient (Wildman–Crippen LogP) is 5.31. The van der Waals surface area contributed by atoms with E-state index < -0.39 is 7.92 Å². The molecule has 0 saturated carbocycles. The Kier molecular flexibility index (Phi) is 7.53. The van der Waals surface area contributed by atoms with Crippen molar-refractivity contribution in [2.45, 2.75) is 46.0 Å². The summed E-state index contributed by atoms with van der Waals surface area (Å²) in [6, 6.07) is 3.81. The molecular weight excluding hydrogens is 261 g/mol. The Bertz CT molecular complexity index is 379. The van der Waals surface area contributed by atoms with Gasteiger partial charge in [0.05, 0.1) is 0 Å². The SMILES string of the molecule is CCCCC(CC)CCP(C)c1cc(F)ccc1F. The maximum atomic E-state index is 13.7. The molecule has 0 nitrogen and oxygen atoms in total. The molecule has 1 aromatic rings. The lowest BCUT2D eigenvalue weighted by atomic mass is 9.97. The molecule has 2 atom stereocenters. The molecule has 0 amide bonds. The van der Waals surface area contributed by atoms with E-state index >= 15 is 0 Å². The lowest BCUT2D eigenvalue weighted by molar-refractivity contribution is 0.441. The summed E-state index contributed by atoms with van der Waals surface area (Å²) in [6.07, 6.45) is 7.09. The van der Waals surface area contributed by atoms with Gasteiger partial charge in [0.15, 0.2) is 0 Å². The maximum absolute atomic E-state index is 13.7. The van der Waals surface area contributed by atoms with E-state index in [0.29, 0.717) is 5.30 Å². The summed E-state index contributed by atoms with van der Waals surface area (Å²) >= 11 is 0. The first-order valence-corrected chi connectivity index (χ1v) is 9.22. The van der Waals surface area contributed by atoms with Crippen LogP contribution in [0, 0.1) is 17.6 Å². The van der Waals surface area contributed by atoms with Crippen molar-refractivity contribution in [1.29, 1.82) is 0 Å². The number of hydrogen-bond acceptors (Lipinski definition) is 0. The minimum atomic E-state index is -0.581. The van der Waals surface area contributed by atoms with Crippen molar-refractivity contribution in [1.82, 2.24) is 0 Å². The van der Waals surface area contributed by atoms with E-state index in [0.717, 1.165) is 18.5 Å². The average molecular weight is 286 g/mol. The first-order valence-electron chi connectivity index (χ1n) is 7.24. The van der Waals surface area contributed by atoms with Crippen LogP contribution in [-0.2, 0) is 0 Å². The van der Waals surface area contributed by atoms with Crippen molar-refractivity contribution in [2.24, 2.45) is 5.92 Å². The van der Waals surface area contributed by atoms with Gasteiger partial charge < -0.3 is 0 Å². The van der Waals surface area contributed by atoms with Gasteiger partial charge in [-0.3, -0.25) is 0 Å². The normalized spacial score (nSPS) is 14.4. The summed E-state index contributed by atoms with van der Waals surface area (Å²) in [5.41, 5.74) is 0. The minimum absolute atomic E-state index is 0.253.